The summed E-state index contributed by atoms with van der Waals surface area (Å²) in [5.41, 5.74) is 0. The van der Waals surface area contributed by atoms with E-state index in [9.17, 15) is 8.42 Å². The highest BCUT2D eigenvalue weighted by molar-refractivity contribution is 9.11. The molecule has 0 N–H and O–H groups in total. The first-order valence-electron chi connectivity index (χ1n) is 7.23. The Kier molecular flexibility index (Phi) is 11.7. The van der Waals surface area contributed by atoms with Crippen LogP contribution in [0.4, 0.5) is 0 Å². The Bertz CT molecular complexity index is 573. The maximum absolute atomic E-state index is 11.5. The Morgan fingerprint density at radius 3 is 2.08 bits per heavy atom. The van der Waals surface area contributed by atoms with Crippen molar-refractivity contribution in [3.63, 3.8) is 0 Å². The summed E-state index contributed by atoms with van der Waals surface area (Å²) < 4.78 is 37.6. The number of nitrogens with zero attached hydrogens (tertiary/aromatic N) is 3. The molecule has 0 atom stereocenters. The second-order valence-corrected chi connectivity index (χ2v) is 9.04. The van der Waals surface area contributed by atoms with Gasteiger partial charge in [-0.25, -0.2) is 0 Å². The molecule has 7 nitrogen and oxygen atoms in total. The van der Waals surface area contributed by atoms with E-state index in [-0.39, 0.29) is 10.6 Å². The van der Waals surface area contributed by atoms with Gasteiger partial charge in [0.05, 0.1) is 3.79 Å². The maximum Gasteiger partial charge on any atom is 0.293 e. The van der Waals surface area contributed by atoms with Gasteiger partial charge in [0.1, 0.15) is 10.5 Å². The highest BCUT2D eigenvalue weighted by Crippen LogP contribution is 2.27. The second kappa shape index (κ2) is 11.9. The molecule has 0 spiro atoms. The van der Waals surface area contributed by atoms with Gasteiger partial charge in [-0.05, 0) is 41.2 Å². The zero-order valence-corrected chi connectivity index (χ0v) is 18.1. The van der Waals surface area contributed by atoms with Crippen LogP contribution in [-0.2, 0) is 19.5 Å². The number of thiophene rings is 1. The molecule has 0 amide bonds. The molecule has 0 aliphatic carbocycles. The molecular weight excluding hydrogens is 418 g/mol. The van der Waals surface area contributed by atoms with Crippen molar-refractivity contribution < 1.29 is 17.9 Å². The van der Waals surface area contributed by atoms with Crippen LogP contribution in [0.1, 0.15) is 13.8 Å². The van der Waals surface area contributed by atoms with E-state index >= 15 is 0 Å². The van der Waals surface area contributed by atoms with Crippen molar-refractivity contribution in [1.82, 2.24) is 9.80 Å². The quantitative estimate of drug-likeness (QED) is 0.349. The van der Waals surface area contributed by atoms with E-state index < -0.39 is 10.0 Å². The van der Waals surface area contributed by atoms with Gasteiger partial charge in [-0.1, -0.05) is 13.8 Å². The van der Waals surface area contributed by atoms with Crippen molar-refractivity contribution in [3.8, 4) is 0 Å². The van der Waals surface area contributed by atoms with E-state index in [4.69, 9.17) is 9.47 Å². The highest BCUT2D eigenvalue weighted by atomic mass is 79.9. The third-order valence-electron chi connectivity index (χ3n) is 2.73. The van der Waals surface area contributed by atoms with Gasteiger partial charge >= 0.3 is 0 Å². The van der Waals surface area contributed by atoms with Crippen LogP contribution in [-0.4, -0.2) is 72.4 Å². The van der Waals surface area contributed by atoms with Gasteiger partial charge in [0.2, 0.25) is 6.41 Å². The fourth-order valence-corrected chi connectivity index (χ4v) is 4.48. The van der Waals surface area contributed by atoms with Crippen LogP contribution >= 0.6 is 27.3 Å². The average molecular weight is 444 g/mol. The fraction of sp³-hybridized carbons (Fsp3) is 0.643. The van der Waals surface area contributed by atoms with Gasteiger partial charge in [-0.3, -0.25) is 4.90 Å². The van der Waals surface area contributed by atoms with Crippen molar-refractivity contribution >= 4 is 43.6 Å². The first-order chi connectivity index (χ1) is 11.2. The summed E-state index contributed by atoms with van der Waals surface area (Å²) in [4.78, 5) is 3.65. The molecule has 0 saturated heterocycles. The Morgan fingerprint density at radius 2 is 1.79 bits per heavy atom. The van der Waals surface area contributed by atoms with Crippen molar-refractivity contribution in [2.45, 2.75) is 24.5 Å². The first kappa shape index (κ1) is 23.5. The second-order valence-electron chi connectivity index (χ2n) is 4.72. The summed E-state index contributed by atoms with van der Waals surface area (Å²) in [5, 5.41) is 0. The number of methoxy groups -OCH3 is 2. The van der Waals surface area contributed by atoms with E-state index in [2.05, 4.69) is 39.1 Å². The molecule has 0 aliphatic rings. The zero-order chi connectivity index (χ0) is 18.8. The fourth-order valence-electron chi connectivity index (χ4n) is 1.56. The minimum atomic E-state index is -3.52. The smallest absolute Gasteiger partial charge is 0.293 e. The monoisotopic (exact) mass is 443 g/mol. The summed E-state index contributed by atoms with van der Waals surface area (Å²) in [6.07, 6.45) is 1.08. The summed E-state index contributed by atoms with van der Waals surface area (Å²) in [6, 6.07) is 3.21. The number of halogens is 1. The van der Waals surface area contributed by atoms with Gasteiger partial charge < -0.3 is 14.4 Å². The number of hydrogen-bond donors (Lipinski definition) is 0. The lowest BCUT2D eigenvalue weighted by Gasteiger charge is -2.26. The van der Waals surface area contributed by atoms with Crippen molar-refractivity contribution in [1.29, 1.82) is 0 Å². The standard InChI is InChI=1S/C7H9BrN2O2S2.C7H17NO2/c1-10(2)5-9-14(11,12)7-4-3-6(8)13-7;1-5-8(6-2)7(9-3)10-4/h3-5H,1-2H3;7H,5-6H2,1-4H3. The van der Waals surface area contributed by atoms with Gasteiger partial charge in [0.15, 0.2) is 0 Å². The maximum atomic E-state index is 11.5. The molecule has 10 heteroatoms. The van der Waals surface area contributed by atoms with E-state index in [0.717, 1.165) is 28.2 Å². The third-order valence-corrected chi connectivity index (χ3v) is 6.05. The summed E-state index contributed by atoms with van der Waals surface area (Å²) in [7, 11) is 3.20. The van der Waals surface area contributed by atoms with Crippen LogP contribution in [0.25, 0.3) is 0 Å². The van der Waals surface area contributed by atoms with Crippen LogP contribution in [0, 0.1) is 0 Å². The lowest BCUT2D eigenvalue weighted by atomic mass is 10.5. The third kappa shape index (κ3) is 8.54. The number of sulfonamides is 1. The number of rotatable bonds is 8. The van der Waals surface area contributed by atoms with Crippen LogP contribution in [0.5, 0.6) is 0 Å². The highest BCUT2D eigenvalue weighted by Gasteiger charge is 2.14. The Morgan fingerprint density at radius 1 is 1.25 bits per heavy atom. The minimum Gasteiger partial charge on any atom is -0.368 e. The Balaban J connectivity index is 0.000000470. The van der Waals surface area contributed by atoms with E-state index in [0.29, 0.717) is 0 Å². The molecule has 0 bridgehead atoms. The lowest BCUT2D eigenvalue weighted by Crippen LogP contribution is -2.37. The number of ether oxygens (including phenoxy) is 2. The first-order valence-corrected chi connectivity index (χ1v) is 10.3. The molecular formula is C14H26BrN3O4S2. The lowest BCUT2D eigenvalue weighted by molar-refractivity contribution is -0.193. The molecule has 24 heavy (non-hydrogen) atoms. The molecule has 1 aromatic heterocycles. The molecule has 140 valence electrons. The molecule has 1 heterocycles. The summed E-state index contributed by atoms with van der Waals surface area (Å²) in [5.74, 6) is 0. The van der Waals surface area contributed by atoms with E-state index in [1.807, 2.05) is 0 Å². The zero-order valence-electron chi connectivity index (χ0n) is 14.9. The average Bonchev–Trinajstić information content (AvgIpc) is 2.98. The van der Waals surface area contributed by atoms with Crippen molar-refractivity contribution in [3.05, 3.63) is 15.9 Å². The Hall–Kier alpha value is -0.520. The van der Waals surface area contributed by atoms with Crippen LogP contribution < -0.4 is 0 Å². The predicted molar refractivity (Wildman–Crippen MR) is 102 cm³/mol. The molecule has 1 aromatic rings. The molecule has 0 saturated carbocycles. The van der Waals surface area contributed by atoms with Gasteiger partial charge in [-0.15, -0.1) is 15.7 Å². The normalized spacial score (nSPS) is 11.9. The Labute approximate surface area is 157 Å². The van der Waals surface area contributed by atoms with Crippen LogP contribution in [0.2, 0.25) is 0 Å². The van der Waals surface area contributed by atoms with Gasteiger partial charge in [0.25, 0.3) is 10.0 Å². The topological polar surface area (TPSA) is 71.4 Å². The summed E-state index contributed by atoms with van der Waals surface area (Å²) in [6.45, 7) is 6.05. The largest absolute Gasteiger partial charge is 0.368 e. The molecule has 0 aliphatic heterocycles. The van der Waals surface area contributed by atoms with E-state index in [1.54, 1.807) is 39.3 Å². The molecule has 0 radical (unpaired) electrons. The molecule has 1 rings (SSSR count). The molecule has 0 aromatic carbocycles. The van der Waals surface area contributed by atoms with Gasteiger partial charge in [-0.2, -0.15) is 8.42 Å². The van der Waals surface area contributed by atoms with Crippen LogP contribution in [0.3, 0.4) is 0 Å². The van der Waals surface area contributed by atoms with E-state index in [1.165, 1.54) is 12.4 Å². The predicted octanol–water partition coefficient (Wildman–Crippen LogP) is 2.69. The molecule has 0 unspecified atom stereocenters. The summed E-state index contributed by atoms with van der Waals surface area (Å²) >= 11 is 4.34. The van der Waals surface area contributed by atoms with Gasteiger partial charge in [0, 0.05) is 28.3 Å². The SMILES string of the molecule is CCN(CC)C(OC)OC.CN(C)C=NS(=O)(=O)c1ccc(Br)s1. The number of hydrogen-bond acceptors (Lipinski definition) is 6. The van der Waals surface area contributed by atoms with Crippen LogP contribution in [0.15, 0.2) is 24.5 Å². The minimum absolute atomic E-state index is 0.185. The molecule has 0 fully saturated rings. The van der Waals surface area contributed by atoms with Crippen molar-refractivity contribution in [2.24, 2.45) is 4.40 Å². The van der Waals surface area contributed by atoms with Crippen molar-refractivity contribution in [2.75, 3.05) is 41.4 Å².